The van der Waals surface area contributed by atoms with E-state index in [1.807, 2.05) is 0 Å². The van der Waals surface area contributed by atoms with Crippen LogP contribution in [0.5, 0.6) is 0 Å². The molecule has 1 saturated heterocycles. The number of fused-ring (bicyclic) bond motifs is 1. The summed E-state index contributed by atoms with van der Waals surface area (Å²) < 4.78 is 75.7. The van der Waals surface area contributed by atoms with Crippen molar-refractivity contribution in [1.82, 2.24) is 9.88 Å². The van der Waals surface area contributed by atoms with E-state index in [0.29, 0.717) is 37.1 Å². The normalized spacial score (nSPS) is 19.2. The summed E-state index contributed by atoms with van der Waals surface area (Å²) in [6.45, 7) is 0.266. The molecule has 0 radical (unpaired) electrons. The second-order valence-corrected chi connectivity index (χ2v) is 6.47. The lowest BCUT2D eigenvalue weighted by Gasteiger charge is -2.18. The summed E-state index contributed by atoms with van der Waals surface area (Å²) in [6.07, 6.45) is -6.59. The number of hydrogen-bond acceptors (Lipinski definition) is 3. The highest BCUT2D eigenvalue weighted by Gasteiger charge is 2.34. The van der Waals surface area contributed by atoms with Crippen LogP contribution >= 0.6 is 0 Å². The second kappa shape index (κ2) is 6.94. The average Bonchev–Trinajstić information content (AvgIpc) is 2.96. The molecule has 1 N–H and O–H groups in total. The number of hydrogen-bond donors (Lipinski definition) is 1. The quantitative estimate of drug-likeness (QED) is 0.793. The maximum atomic E-state index is 12.8. The molecule has 1 fully saturated rings. The topological polar surface area (TPSA) is 28.2 Å². The molecule has 3 rings (SSSR count). The molecule has 9 heteroatoms. The van der Waals surface area contributed by atoms with Gasteiger partial charge in [0.1, 0.15) is 0 Å². The molecule has 1 aliphatic rings. The summed E-state index contributed by atoms with van der Waals surface area (Å²) in [5.74, 6) is 0.0509. The van der Waals surface area contributed by atoms with Gasteiger partial charge in [-0.3, -0.25) is 9.88 Å². The summed E-state index contributed by atoms with van der Waals surface area (Å²) in [5, 5.41) is 3.69. The molecule has 142 valence electrons. The predicted molar refractivity (Wildman–Crippen MR) is 85.8 cm³/mol. The maximum Gasteiger partial charge on any atom is 0.416 e. The lowest BCUT2D eigenvalue weighted by atomic mass is 10.1. The van der Waals surface area contributed by atoms with Crippen molar-refractivity contribution in [2.75, 3.05) is 31.5 Å². The predicted octanol–water partition coefficient (Wildman–Crippen LogP) is 4.55. The van der Waals surface area contributed by atoms with Gasteiger partial charge in [-0.15, -0.1) is 0 Å². The van der Waals surface area contributed by atoms with E-state index < -0.39 is 24.5 Å². The fourth-order valence-corrected chi connectivity index (χ4v) is 3.21. The van der Waals surface area contributed by atoms with Gasteiger partial charge in [-0.2, -0.15) is 26.3 Å². The third-order valence-electron chi connectivity index (χ3n) is 4.42. The monoisotopic (exact) mass is 377 g/mol. The summed E-state index contributed by atoms with van der Waals surface area (Å²) >= 11 is 0. The minimum absolute atomic E-state index is 0.0509. The fraction of sp³-hybridized carbons (Fsp3) is 0.471. The van der Waals surface area contributed by atoms with Crippen molar-refractivity contribution in [3.8, 4) is 0 Å². The number of aromatic nitrogens is 1. The van der Waals surface area contributed by atoms with Gasteiger partial charge in [0.05, 0.1) is 17.6 Å². The standard InChI is InChI=1S/C17H17F6N3/c18-16(19,20)10-26-6-4-11(9-26)8-25-14-3-5-24-15-7-12(17(21,22)23)1-2-13(14)15/h1-3,5,7,11H,4,6,8-10H2,(H,24,25). The van der Waals surface area contributed by atoms with E-state index in [4.69, 9.17) is 0 Å². The molecule has 1 aromatic heterocycles. The average molecular weight is 377 g/mol. The number of nitrogens with zero attached hydrogens (tertiary/aromatic N) is 2. The van der Waals surface area contributed by atoms with Crippen molar-refractivity contribution in [2.24, 2.45) is 5.92 Å². The van der Waals surface area contributed by atoms with Gasteiger partial charge in [0.25, 0.3) is 0 Å². The van der Waals surface area contributed by atoms with Crippen molar-refractivity contribution in [1.29, 1.82) is 0 Å². The number of alkyl halides is 6. The van der Waals surface area contributed by atoms with Crippen LogP contribution in [0.3, 0.4) is 0 Å². The lowest BCUT2D eigenvalue weighted by Crippen LogP contribution is -2.33. The summed E-state index contributed by atoms with van der Waals surface area (Å²) in [4.78, 5) is 5.34. The molecule has 0 bridgehead atoms. The highest BCUT2D eigenvalue weighted by molar-refractivity contribution is 5.91. The molecular formula is C17H17F6N3. The first kappa shape index (κ1) is 18.8. The van der Waals surface area contributed by atoms with Gasteiger partial charge < -0.3 is 5.32 Å². The van der Waals surface area contributed by atoms with Crippen LogP contribution in [0, 0.1) is 5.92 Å². The van der Waals surface area contributed by atoms with Crippen LogP contribution < -0.4 is 5.32 Å². The Balaban J connectivity index is 1.66. The van der Waals surface area contributed by atoms with Crippen LogP contribution in [0.2, 0.25) is 0 Å². The first-order valence-electron chi connectivity index (χ1n) is 8.11. The Kier molecular flexibility index (Phi) is 5.01. The van der Waals surface area contributed by atoms with Gasteiger partial charge in [-0.1, -0.05) is 6.07 Å². The Morgan fingerprint density at radius 2 is 1.88 bits per heavy atom. The number of likely N-dealkylation sites (tertiary alicyclic amines) is 1. The maximum absolute atomic E-state index is 12.8. The fourth-order valence-electron chi connectivity index (χ4n) is 3.21. The van der Waals surface area contributed by atoms with E-state index in [1.165, 1.54) is 17.2 Å². The number of pyridine rings is 1. The minimum atomic E-state index is -4.44. The zero-order chi connectivity index (χ0) is 18.9. The van der Waals surface area contributed by atoms with Gasteiger partial charge in [0, 0.05) is 30.4 Å². The Morgan fingerprint density at radius 3 is 2.58 bits per heavy atom. The van der Waals surface area contributed by atoms with Crippen molar-refractivity contribution in [3.05, 3.63) is 36.0 Å². The van der Waals surface area contributed by atoms with Crippen LogP contribution in [0.1, 0.15) is 12.0 Å². The molecule has 2 aromatic rings. The Morgan fingerprint density at radius 1 is 1.12 bits per heavy atom. The molecule has 0 spiro atoms. The summed E-state index contributed by atoms with van der Waals surface area (Å²) in [5.41, 5.74) is 0.0705. The molecule has 0 aliphatic carbocycles. The third kappa shape index (κ3) is 4.57. The van der Waals surface area contributed by atoms with E-state index in [-0.39, 0.29) is 11.4 Å². The Bertz CT molecular complexity index is 771. The Hall–Kier alpha value is -2.03. The van der Waals surface area contributed by atoms with E-state index in [9.17, 15) is 26.3 Å². The second-order valence-electron chi connectivity index (χ2n) is 6.47. The highest BCUT2D eigenvalue weighted by Crippen LogP contribution is 2.32. The SMILES string of the molecule is FC(F)(F)CN1CCC(CNc2ccnc3cc(C(F)(F)F)ccc23)C1. The first-order chi connectivity index (χ1) is 12.1. The number of nitrogens with one attached hydrogen (secondary N) is 1. The molecule has 0 amide bonds. The van der Waals surface area contributed by atoms with E-state index in [2.05, 4.69) is 10.3 Å². The largest absolute Gasteiger partial charge is 0.416 e. The van der Waals surface area contributed by atoms with Crippen LogP contribution in [0.15, 0.2) is 30.5 Å². The highest BCUT2D eigenvalue weighted by atomic mass is 19.4. The molecule has 3 nitrogen and oxygen atoms in total. The van der Waals surface area contributed by atoms with Crippen molar-refractivity contribution < 1.29 is 26.3 Å². The molecule has 0 saturated carbocycles. The van der Waals surface area contributed by atoms with Gasteiger partial charge >= 0.3 is 12.4 Å². The minimum Gasteiger partial charge on any atom is -0.384 e. The van der Waals surface area contributed by atoms with Crippen LogP contribution in [0.4, 0.5) is 32.0 Å². The van der Waals surface area contributed by atoms with Gasteiger partial charge in [-0.05, 0) is 37.1 Å². The number of rotatable bonds is 4. The smallest absolute Gasteiger partial charge is 0.384 e. The molecule has 1 unspecified atom stereocenters. The van der Waals surface area contributed by atoms with E-state index in [1.54, 1.807) is 6.07 Å². The Labute approximate surface area is 146 Å². The number of benzene rings is 1. The van der Waals surface area contributed by atoms with Crippen molar-refractivity contribution in [2.45, 2.75) is 18.8 Å². The van der Waals surface area contributed by atoms with E-state index in [0.717, 1.165) is 12.1 Å². The summed E-state index contributed by atoms with van der Waals surface area (Å²) in [6, 6.07) is 4.99. The van der Waals surface area contributed by atoms with Crippen LogP contribution in [-0.2, 0) is 6.18 Å². The third-order valence-corrected chi connectivity index (χ3v) is 4.42. The number of anilines is 1. The zero-order valence-electron chi connectivity index (χ0n) is 13.7. The molecule has 2 heterocycles. The van der Waals surface area contributed by atoms with Crippen molar-refractivity contribution >= 4 is 16.6 Å². The summed E-state index contributed by atoms with van der Waals surface area (Å²) in [7, 11) is 0. The first-order valence-corrected chi connectivity index (χ1v) is 8.11. The van der Waals surface area contributed by atoms with Crippen LogP contribution in [0.25, 0.3) is 10.9 Å². The lowest BCUT2D eigenvalue weighted by molar-refractivity contribution is -0.143. The van der Waals surface area contributed by atoms with Crippen molar-refractivity contribution in [3.63, 3.8) is 0 Å². The number of halogens is 6. The van der Waals surface area contributed by atoms with Crippen LogP contribution in [-0.4, -0.2) is 42.2 Å². The molecule has 1 aliphatic heterocycles. The van der Waals surface area contributed by atoms with E-state index >= 15 is 0 Å². The molecular weight excluding hydrogens is 360 g/mol. The van der Waals surface area contributed by atoms with Gasteiger partial charge in [-0.25, -0.2) is 0 Å². The molecule has 1 atom stereocenters. The molecule has 1 aromatic carbocycles. The van der Waals surface area contributed by atoms with Gasteiger partial charge in [0.2, 0.25) is 0 Å². The van der Waals surface area contributed by atoms with Gasteiger partial charge in [0.15, 0.2) is 0 Å². The zero-order valence-corrected chi connectivity index (χ0v) is 13.7. The molecule has 26 heavy (non-hydrogen) atoms.